The molecule has 0 amide bonds. The van der Waals surface area contributed by atoms with Crippen molar-refractivity contribution in [2.45, 2.75) is 44.7 Å². The SMILES string of the molecule is C#CC(CCC)NC1CCN(c2ccccc2)CC1. The number of nitrogens with zero attached hydrogens (tertiary/aromatic N) is 1. The van der Waals surface area contributed by atoms with Crippen LogP contribution >= 0.6 is 0 Å². The molecule has 1 N–H and O–H groups in total. The number of hydrogen-bond acceptors (Lipinski definition) is 2. The van der Waals surface area contributed by atoms with E-state index in [0.717, 1.165) is 25.9 Å². The zero-order chi connectivity index (χ0) is 13.5. The molecule has 1 heterocycles. The Labute approximate surface area is 117 Å². The van der Waals surface area contributed by atoms with Crippen LogP contribution < -0.4 is 10.2 Å². The molecule has 0 radical (unpaired) electrons. The maximum absolute atomic E-state index is 5.57. The molecular formula is C17H24N2. The van der Waals surface area contributed by atoms with Crippen LogP contribution in [0.4, 0.5) is 5.69 Å². The lowest BCUT2D eigenvalue weighted by molar-refractivity contribution is 0.386. The van der Waals surface area contributed by atoms with Crippen LogP contribution in [0.25, 0.3) is 0 Å². The molecule has 1 atom stereocenters. The van der Waals surface area contributed by atoms with Crippen LogP contribution in [0.5, 0.6) is 0 Å². The molecule has 102 valence electrons. The normalized spacial score (nSPS) is 18.0. The Morgan fingerprint density at radius 3 is 2.58 bits per heavy atom. The van der Waals surface area contributed by atoms with Gasteiger partial charge in [-0.2, -0.15) is 0 Å². The summed E-state index contributed by atoms with van der Waals surface area (Å²) in [6.07, 6.45) is 10.1. The maximum Gasteiger partial charge on any atom is 0.0688 e. The monoisotopic (exact) mass is 256 g/mol. The van der Waals surface area contributed by atoms with E-state index >= 15 is 0 Å². The van der Waals surface area contributed by atoms with Crippen molar-refractivity contribution < 1.29 is 0 Å². The fraction of sp³-hybridized carbons (Fsp3) is 0.529. The lowest BCUT2D eigenvalue weighted by atomic mass is 10.0. The lowest BCUT2D eigenvalue weighted by Crippen LogP contribution is -2.45. The van der Waals surface area contributed by atoms with Gasteiger partial charge in [-0.25, -0.2) is 0 Å². The van der Waals surface area contributed by atoms with Gasteiger partial charge in [0, 0.05) is 24.8 Å². The smallest absolute Gasteiger partial charge is 0.0688 e. The van der Waals surface area contributed by atoms with E-state index in [4.69, 9.17) is 6.42 Å². The zero-order valence-electron chi connectivity index (χ0n) is 11.8. The molecule has 1 aromatic rings. The minimum absolute atomic E-state index is 0.248. The number of piperidine rings is 1. The van der Waals surface area contributed by atoms with Crippen molar-refractivity contribution in [1.29, 1.82) is 0 Å². The summed E-state index contributed by atoms with van der Waals surface area (Å²) in [4.78, 5) is 2.46. The topological polar surface area (TPSA) is 15.3 Å². The summed E-state index contributed by atoms with van der Waals surface area (Å²) < 4.78 is 0. The van der Waals surface area contributed by atoms with Gasteiger partial charge >= 0.3 is 0 Å². The van der Waals surface area contributed by atoms with Crippen molar-refractivity contribution in [3.63, 3.8) is 0 Å². The van der Waals surface area contributed by atoms with Gasteiger partial charge in [-0.15, -0.1) is 6.42 Å². The first kappa shape index (κ1) is 14.0. The van der Waals surface area contributed by atoms with Gasteiger partial charge < -0.3 is 10.2 Å². The Morgan fingerprint density at radius 2 is 2.00 bits per heavy atom. The van der Waals surface area contributed by atoms with Crippen molar-refractivity contribution in [2.75, 3.05) is 18.0 Å². The van der Waals surface area contributed by atoms with Crippen LogP contribution in [0.1, 0.15) is 32.6 Å². The van der Waals surface area contributed by atoms with E-state index in [0.29, 0.717) is 6.04 Å². The molecule has 0 spiro atoms. The van der Waals surface area contributed by atoms with E-state index < -0.39 is 0 Å². The minimum atomic E-state index is 0.248. The molecule has 1 aromatic carbocycles. The van der Waals surface area contributed by atoms with Crippen LogP contribution in [0, 0.1) is 12.3 Å². The highest BCUT2D eigenvalue weighted by molar-refractivity contribution is 5.46. The van der Waals surface area contributed by atoms with E-state index in [-0.39, 0.29) is 6.04 Å². The average Bonchev–Trinajstić information content (AvgIpc) is 2.48. The Balaban J connectivity index is 1.81. The first-order valence-electron chi connectivity index (χ1n) is 7.35. The number of nitrogens with one attached hydrogen (secondary N) is 1. The summed E-state index contributed by atoms with van der Waals surface area (Å²) in [6, 6.07) is 11.5. The Morgan fingerprint density at radius 1 is 1.32 bits per heavy atom. The summed E-state index contributed by atoms with van der Waals surface area (Å²) in [5.41, 5.74) is 1.34. The highest BCUT2D eigenvalue weighted by Crippen LogP contribution is 2.19. The molecule has 2 rings (SSSR count). The van der Waals surface area contributed by atoms with Crippen LogP contribution in [0.3, 0.4) is 0 Å². The van der Waals surface area contributed by atoms with E-state index in [2.05, 4.69) is 53.4 Å². The van der Waals surface area contributed by atoms with Gasteiger partial charge in [-0.3, -0.25) is 0 Å². The molecule has 1 aliphatic rings. The fourth-order valence-electron chi connectivity index (χ4n) is 2.73. The molecule has 0 saturated carbocycles. The van der Waals surface area contributed by atoms with Crippen LogP contribution in [-0.4, -0.2) is 25.2 Å². The van der Waals surface area contributed by atoms with Gasteiger partial charge in [0.15, 0.2) is 0 Å². The Bertz CT molecular complexity index is 399. The number of hydrogen-bond donors (Lipinski definition) is 1. The van der Waals surface area contributed by atoms with E-state index in [1.165, 1.54) is 18.5 Å². The molecule has 19 heavy (non-hydrogen) atoms. The van der Waals surface area contributed by atoms with Gasteiger partial charge in [0.2, 0.25) is 0 Å². The summed E-state index contributed by atoms with van der Waals surface area (Å²) in [5, 5.41) is 3.62. The molecule has 2 heteroatoms. The number of benzene rings is 1. The molecule has 1 unspecified atom stereocenters. The molecule has 1 saturated heterocycles. The Hall–Kier alpha value is -1.46. The molecule has 1 aliphatic heterocycles. The zero-order valence-corrected chi connectivity index (χ0v) is 11.8. The number of rotatable bonds is 5. The standard InChI is InChI=1S/C17H24N2/c1-3-8-15(4-2)18-16-11-13-19(14-12-16)17-9-6-5-7-10-17/h2,5-7,9-10,15-16,18H,3,8,11-14H2,1H3. The molecule has 2 nitrogen and oxygen atoms in total. The number of anilines is 1. The highest BCUT2D eigenvalue weighted by atomic mass is 15.1. The predicted octanol–water partition coefficient (Wildman–Crippen LogP) is 3.05. The third-order valence-electron chi connectivity index (χ3n) is 3.83. The second kappa shape index (κ2) is 7.21. The van der Waals surface area contributed by atoms with Gasteiger partial charge in [-0.1, -0.05) is 37.5 Å². The fourth-order valence-corrected chi connectivity index (χ4v) is 2.73. The molecular weight excluding hydrogens is 232 g/mol. The first-order chi connectivity index (χ1) is 9.33. The summed E-state index contributed by atoms with van der Waals surface area (Å²) >= 11 is 0. The van der Waals surface area contributed by atoms with E-state index in [1.807, 2.05) is 0 Å². The molecule has 0 bridgehead atoms. The van der Waals surface area contributed by atoms with Gasteiger partial charge in [0.25, 0.3) is 0 Å². The van der Waals surface area contributed by atoms with E-state index in [1.54, 1.807) is 0 Å². The largest absolute Gasteiger partial charge is 0.371 e. The van der Waals surface area contributed by atoms with Gasteiger partial charge in [-0.05, 0) is 31.4 Å². The third-order valence-corrected chi connectivity index (χ3v) is 3.83. The van der Waals surface area contributed by atoms with Crippen molar-refractivity contribution in [3.05, 3.63) is 30.3 Å². The third kappa shape index (κ3) is 4.01. The lowest BCUT2D eigenvalue weighted by Gasteiger charge is -2.35. The predicted molar refractivity (Wildman–Crippen MR) is 82.3 cm³/mol. The summed E-state index contributed by atoms with van der Waals surface area (Å²) in [7, 11) is 0. The number of terminal acetylenes is 1. The van der Waals surface area contributed by atoms with Crippen molar-refractivity contribution in [1.82, 2.24) is 5.32 Å². The summed E-state index contributed by atoms with van der Waals surface area (Å²) in [5.74, 6) is 2.87. The first-order valence-corrected chi connectivity index (χ1v) is 7.35. The molecule has 0 aliphatic carbocycles. The van der Waals surface area contributed by atoms with Crippen LogP contribution in [-0.2, 0) is 0 Å². The number of para-hydroxylation sites is 1. The maximum atomic E-state index is 5.57. The highest BCUT2D eigenvalue weighted by Gasteiger charge is 2.20. The quantitative estimate of drug-likeness (QED) is 0.815. The summed E-state index contributed by atoms with van der Waals surface area (Å²) in [6.45, 7) is 4.42. The van der Waals surface area contributed by atoms with Crippen molar-refractivity contribution in [2.24, 2.45) is 0 Å². The minimum Gasteiger partial charge on any atom is -0.371 e. The molecule has 1 fully saturated rings. The van der Waals surface area contributed by atoms with Crippen molar-refractivity contribution >= 4 is 5.69 Å². The van der Waals surface area contributed by atoms with Crippen LogP contribution in [0.2, 0.25) is 0 Å². The molecule has 0 aromatic heterocycles. The second-order valence-electron chi connectivity index (χ2n) is 5.27. The van der Waals surface area contributed by atoms with E-state index in [9.17, 15) is 0 Å². The van der Waals surface area contributed by atoms with Crippen LogP contribution in [0.15, 0.2) is 30.3 Å². The van der Waals surface area contributed by atoms with Crippen molar-refractivity contribution in [3.8, 4) is 12.3 Å². The second-order valence-corrected chi connectivity index (χ2v) is 5.27. The van der Waals surface area contributed by atoms with Gasteiger partial charge in [0.05, 0.1) is 6.04 Å². The average molecular weight is 256 g/mol. The Kier molecular flexibility index (Phi) is 5.30. The van der Waals surface area contributed by atoms with Gasteiger partial charge in [0.1, 0.15) is 0 Å².